The molecule has 0 radical (unpaired) electrons. The lowest BCUT2D eigenvalue weighted by molar-refractivity contribution is 0.323. The van der Waals surface area contributed by atoms with Gasteiger partial charge in [-0.25, -0.2) is 0 Å². The Morgan fingerprint density at radius 3 is 2.55 bits per heavy atom. The Morgan fingerprint density at radius 1 is 1.55 bits per heavy atom. The molecule has 2 N–H and O–H groups in total. The third kappa shape index (κ3) is 2.00. The lowest BCUT2D eigenvalue weighted by Crippen LogP contribution is -2.16. The highest BCUT2D eigenvalue weighted by atomic mass is 79.9. The first-order valence-electron chi connectivity index (χ1n) is 3.36. The Bertz CT molecular complexity index is 235. The predicted molar refractivity (Wildman–Crippen MR) is 43.8 cm³/mol. The molecule has 4 nitrogen and oxygen atoms in total. The summed E-state index contributed by atoms with van der Waals surface area (Å²) < 4.78 is 5.30. The van der Waals surface area contributed by atoms with Gasteiger partial charge in [0.2, 0.25) is 10.6 Å². The van der Waals surface area contributed by atoms with Gasteiger partial charge in [0.1, 0.15) is 0 Å². The molecule has 0 saturated heterocycles. The maximum atomic E-state index is 5.73. The second kappa shape index (κ2) is 3.32. The van der Waals surface area contributed by atoms with Crippen LogP contribution in [0, 0.1) is 5.92 Å². The second-order valence-corrected chi connectivity index (χ2v) is 3.38. The SMILES string of the molecule is CC(C)[C@H](N)c1nc(Br)no1. The molecule has 0 aliphatic carbocycles. The Kier molecular flexibility index (Phi) is 2.62. The Hall–Kier alpha value is -0.420. The standard InChI is InChI=1S/C6H10BrN3O/c1-3(2)4(8)5-9-6(7)10-11-5/h3-4H,8H2,1-2H3/t4-/m0/s1. The van der Waals surface area contributed by atoms with Crippen molar-refractivity contribution in [2.45, 2.75) is 19.9 Å². The van der Waals surface area contributed by atoms with E-state index in [-0.39, 0.29) is 6.04 Å². The van der Waals surface area contributed by atoms with Crippen LogP contribution in [0.15, 0.2) is 9.26 Å². The van der Waals surface area contributed by atoms with Gasteiger partial charge in [-0.05, 0) is 27.0 Å². The van der Waals surface area contributed by atoms with Gasteiger partial charge in [-0.1, -0.05) is 13.8 Å². The van der Waals surface area contributed by atoms with Gasteiger partial charge in [0.25, 0.3) is 0 Å². The molecule has 1 rings (SSSR count). The first-order valence-corrected chi connectivity index (χ1v) is 4.15. The molecule has 0 aromatic carbocycles. The summed E-state index contributed by atoms with van der Waals surface area (Å²) in [6.07, 6.45) is 0. The second-order valence-electron chi connectivity index (χ2n) is 2.67. The fourth-order valence-electron chi connectivity index (χ4n) is 0.637. The van der Waals surface area contributed by atoms with Crippen LogP contribution in [-0.2, 0) is 0 Å². The van der Waals surface area contributed by atoms with Crippen LogP contribution in [0.5, 0.6) is 0 Å². The summed E-state index contributed by atoms with van der Waals surface area (Å²) in [6.45, 7) is 4.01. The van der Waals surface area contributed by atoms with E-state index in [9.17, 15) is 0 Å². The molecule has 0 aliphatic heterocycles. The molecule has 0 bridgehead atoms. The summed E-state index contributed by atoms with van der Waals surface area (Å²) in [4.78, 5) is 3.95. The van der Waals surface area contributed by atoms with Crippen molar-refractivity contribution in [1.82, 2.24) is 10.1 Å². The van der Waals surface area contributed by atoms with Crippen LogP contribution < -0.4 is 5.73 Å². The molecular weight excluding hydrogens is 210 g/mol. The zero-order chi connectivity index (χ0) is 8.43. The summed E-state index contributed by atoms with van der Waals surface area (Å²) in [5.41, 5.74) is 5.73. The van der Waals surface area contributed by atoms with Gasteiger partial charge in [0, 0.05) is 0 Å². The molecule has 0 fully saturated rings. The van der Waals surface area contributed by atoms with Crippen molar-refractivity contribution in [3.05, 3.63) is 10.6 Å². The van der Waals surface area contributed by atoms with E-state index < -0.39 is 0 Å². The maximum absolute atomic E-state index is 5.73. The zero-order valence-corrected chi connectivity index (χ0v) is 8.00. The van der Waals surface area contributed by atoms with E-state index in [0.29, 0.717) is 16.5 Å². The minimum atomic E-state index is -0.172. The molecular formula is C6H10BrN3O. The van der Waals surface area contributed by atoms with Gasteiger partial charge in [-0.3, -0.25) is 0 Å². The summed E-state index contributed by atoms with van der Waals surface area (Å²) in [7, 11) is 0. The molecule has 1 aromatic heterocycles. The summed E-state index contributed by atoms with van der Waals surface area (Å²) in [5.74, 6) is 0.786. The van der Waals surface area contributed by atoms with Crippen molar-refractivity contribution < 1.29 is 4.52 Å². The van der Waals surface area contributed by atoms with Gasteiger partial charge in [0.05, 0.1) is 6.04 Å². The highest BCUT2D eigenvalue weighted by molar-refractivity contribution is 9.10. The molecule has 11 heavy (non-hydrogen) atoms. The average molecular weight is 220 g/mol. The van der Waals surface area contributed by atoms with E-state index in [0.717, 1.165) is 0 Å². The van der Waals surface area contributed by atoms with E-state index in [1.165, 1.54) is 0 Å². The number of nitrogens with two attached hydrogens (primary N) is 1. The normalized spacial score (nSPS) is 13.9. The van der Waals surface area contributed by atoms with Gasteiger partial charge < -0.3 is 10.3 Å². The van der Waals surface area contributed by atoms with Crippen LogP contribution in [0.4, 0.5) is 0 Å². The van der Waals surface area contributed by atoms with E-state index in [2.05, 4.69) is 26.1 Å². The lowest BCUT2D eigenvalue weighted by atomic mass is 10.1. The fourth-order valence-corrected chi connectivity index (χ4v) is 0.884. The average Bonchev–Trinajstić information content (AvgIpc) is 2.34. The number of rotatable bonds is 2. The molecule has 5 heteroatoms. The van der Waals surface area contributed by atoms with Gasteiger partial charge >= 0.3 is 0 Å². The number of aromatic nitrogens is 2. The van der Waals surface area contributed by atoms with Crippen molar-refractivity contribution in [3.8, 4) is 0 Å². The zero-order valence-electron chi connectivity index (χ0n) is 6.41. The van der Waals surface area contributed by atoms with Gasteiger partial charge in [0.15, 0.2) is 0 Å². The molecule has 0 amide bonds. The lowest BCUT2D eigenvalue weighted by Gasteiger charge is -2.08. The van der Waals surface area contributed by atoms with Crippen LogP contribution >= 0.6 is 15.9 Å². The first-order chi connectivity index (χ1) is 5.11. The van der Waals surface area contributed by atoms with E-state index in [1.54, 1.807) is 0 Å². The van der Waals surface area contributed by atoms with Crippen LogP contribution in [0.2, 0.25) is 0 Å². The van der Waals surface area contributed by atoms with Crippen LogP contribution in [0.3, 0.4) is 0 Å². The van der Waals surface area contributed by atoms with E-state index in [1.807, 2.05) is 13.8 Å². The van der Waals surface area contributed by atoms with Crippen molar-refractivity contribution in [1.29, 1.82) is 0 Å². The summed E-state index contributed by atoms with van der Waals surface area (Å²) in [6, 6.07) is -0.172. The highest BCUT2D eigenvalue weighted by Crippen LogP contribution is 2.17. The quantitative estimate of drug-likeness (QED) is 0.819. The van der Waals surface area contributed by atoms with Gasteiger partial charge in [-0.2, -0.15) is 4.98 Å². The molecule has 1 atom stereocenters. The molecule has 0 aliphatic rings. The topological polar surface area (TPSA) is 64.9 Å². The highest BCUT2D eigenvalue weighted by Gasteiger charge is 2.16. The number of hydrogen-bond donors (Lipinski definition) is 1. The Labute approximate surface area is 73.3 Å². The summed E-state index contributed by atoms with van der Waals surface area (Å²) in [5, 5.41) is 3.57. The number of hydrogen-bond acceptors (Lipinski definition) is 4. The van der Waals surface area contributed by atoms with E-state index >= 15 is 0 Å². The number of nitrogens with zero attached hydrogens (tertiary/aromatic N) is 2. The van der Waals surface area contributed by atoms with Crippen LogP contribution in [0.1, 0.15) is 25.8 Å². The van der Waals surface area contributed by atoms with Crippen molar-refractivity contribution in [2.75, 3.05) is 0 Å². The third-order valence-electron chi connectivity index (χ3n) is 1.42. The Morgan fingerprint density at radius 2 is 2.18 bits per heavy atom. The first kappa shape index (κ1) is 8.67. The summed E-state index contributed by atoms with van der Waals surface area (Å²) >= 11 is 3.08. The predicted octanol–water partition coefficient (Wildman–Crippen LogP) is 1.49. The fraction of sp³-hybridized carbons (Fsp3) is 0.667. The van der Waals surface area contributed by atoms with Gasteiger partial charge in [-0.15, -0.1) is 0 Å². The van der Waals surface area contributed by atoms with Crippen LogP contribution in [-0.4, -0.2) is 10.1 Å². The molecule has 0 spiro atoms. The smallest absolute Gasteiger partial charge is 0.244 e. The monoisotopic (exact) mass is 219 g/mol. The molecule has 1 aromatic rings. The molecule has 62 valence electrons. The van der Waals surface area contributed by atoms with Crippen molar-refractivity contribution in [3.63, 3.8) is 0 Å². The molecule has 0 saturated carbocycles. The number of halogens is 1. The molecule has 1 heterocycles. The maximum Gasteiger partial charge on any atom is 0.244 e. The molecule has 0 unspecified atom stereocenters. The largest absolute Gasteiger partial charge is 0.337 e. The van der Waals surface area contributed by atoms with Crippen LogP contribution in [0.25, 0.3) is 0 Å². The minimum absolute atomic E-state index is 0.172. The minimum Gasteiger partial charge on any atom is -0.337 e. The van der Waals surface area contributed by atoms with Crippen molar-refractivity contribution in [2.24, 2.45) is 11.7 Å². The van der Waals surface area contributed by atoms with Crippen molar-refractivity contribution >= 4 is 15.9 Å². The third-order valence-corrected chi connectivity index (χ3v) is 1.74. The Balaban J connectivity index is 2.76. The van der Waals surface area contributed by atoms with E-state index in [4.69, 9.17) is 10.3 Å².